The van der Waals surface area contributed by atoms with Gasteiger partial charge >= 0.3 is 5.97 Å². The summed E-state index contributed by atoms with van der Waals surface area (Å²) >= 11 is 3.02. The summed E-state index contributed by atoms with van der Waals surface area (Å²) in [5.41, 5.74) is 6.59. The monoisotopic (exact) mass is 282 g/mol. The zero-order valence-corrected chi connectivity index (χ0v) is 11.8. The molecule has 18 heavy (non-hydrogen) atoms. The molecule has 0 atom stereocenters. The molecule has 1 aromatic carbocycles. The van der Waals surface area contributed by atoms with Crippen molar-refractivity contribution in [2.45, 2.75) is 18.2 Å². The minimum atomic E-state index is -0.791. The van der Waals surface area contributed by atoms with Gasteiger partial charge < -0.3 is 10.8 Å². The number of fused-ring (bicyclic) bond motifs is 1. The van der Waals surface area contributed by atoms with Crippen molar-refractivity contribution in [2.24, 2.45) is 5.41 Å². The summed E-state index contributed by atoms with van der Waals surface area (Å²) < 4.78 is 1.91. The topological polar surface area (TPSA) is 76.2 Å². The summed E-state index contributed by atoms with van der Waals surface area (Å²) in [4.78, 5) is 15.5. The van der Waals surface area contributed by atoms with Crippen LogP contribution < -0.4 is 5.73 Å². The van der Waals surface area contributed by atoms with Gasteiger partial charge in [-0.15, -0.1) is 11.3 Å². The lowest BCUT2D eigenvalue weighted by atomic mass is 9.97. The summed E-state index contributed by atoms with van der Waals surface area (Å²) in [6.45, 7) is 3.43. The molecule has 3 N–H and O–H groups in total. The fourth-order valence-electron chi connectivity index (χ4n) is 1.29. The molecule has 0 bridgehead atoms. The highest BCUT2D eigenvalue weighted by Crippen LogP contribution is 2.34. The van der Waals surface area contributed by atoms with E-state index in [1.807, 2.05) is 18.2 Å². The average Bonchev–Trinajstić information content (AvgIpc) is 2.68. The van der Waals surface area contributed by atoms with E-state index in [2.05, 4.69) is 4.98 Å². The van der Waals surface area contributed by atoms with Crippen LogP contribution in [0.1, 0.15) is 13.8 Å². The summed E-state index contributed by atoms with van der Waals surface area (Å²) in [6, 6.07) is 5.59. The molecule has 0 fully saturated rings. The van der Waals surface area contributed by atoms with Crippen LogP contribution in [0.15, 0.2) is 22.5 Å². The lowest BCUT2D eigenvalue weighted by Gasteiger charge is -2.16. The first kappa shape index (κ1) is 13.2. The molecule has 0 aliphatic carbocycles. The molecule has 6 heteroatoms. The van der Waals surface area contributed by atoms with Crippen molar-refractivity contribution in [1.29, 1.82) is 0 Å². The number of aliphatic carboxylic acids is 1. The summed E-state index contributed by atoms with van der Waals surface area (Å²) in [6.07, 6.45) is 0. The van der Waals surface area contributed by atoms with E-state index in [4.69, 9.17) is 10.8 Å². The fourth-order valence-corrected chi connectivity index (χ4v) is 3.48. The van der Waals surface area contributed by atoms with E-state index in [0.29, 0.717) is 11.4 Å². The summed E-state index contributed by atoms with van der Waals surface area (Å²) in [5.74, 6) is -0.294. The number of carboxylic acids is 1. The maximum absolute atomic E-state index is 11.0. The normalized spacial score (nSPS) is 11.9. The van der Waals surface area contributed by atoms with Crippen LogP contribution in [0.25, 0.3) is 10.2 Å². The molecule has 0 radical (unpaired) electrons. The Balaban J connectivity index is 2.15. The van der Waals surface area contributed by atoms with Crippen LogP contribution in [0, 0.1) is 5.41 Å². The fraction of sp³-hybridized carbons (Fsp3) is 0.333. The Bertz CT molecular complexity index is 593. The van der Waals surface area contributed by atoms with E-state index < -0.39 is 11.4 Å². The minimum Gasteiger partial charge on any atom is -0.481 e. The van der Waals surface area contributed by atoms with E-state index in [1.54, 1.807) is 25.2 Å². The Hall–Kier alpha value is -1.27. The second kappa shape index (κ2) is 4.78. The summed E-state index contributed by atoms with van der Waals surface area (Å²) in [7, 11) is 0. The van der Waals surface area contributed by atoms with Gasteiger partial charge in [-0.2, -0.15) is 0 Å². The van der Waals surface area contributed by atoms with Gasteiger partial charge in [-0.05, 0) is 32.0 Å². The van der Waals surface area contributed by atoms with Crippen molar-refractivity contribution >= 4 is 45.0 Å². The van der Waals surface area contributed by atoms with Crippen molar-refractivity contribution in [3.05, 3.63) is 18.2 Å². The number of thiazole rings is 1. The van der Waals surface area contributed by atoms with Gasteiger partial charge in [0.1, 0.15) is 0 Å². The quantitative estimate of drug-likeness (QED) is 0.665. The number of hydrogen-bond acceptors (Lipinski definition) is 5. The highest BCUT2D eigenvalue weighted by Gasteiger charge is 2.27. The van der Waals surface area contributed by atoms with Gasteiger partial charge in [0.05, 0.1) is 15.6 Å². The summed E-state index contributed by atoms with van der Waals surface area (Å²) in [5, 5.41) is 9.05. The number of nitrogen functional groups attached to an aromatic ring is 1. The zero-order valence-electron chi connectivity index (χ0n) is 10.1. The second-order valence-electron chi connectivity index (χ2n) is 4.68. The highest BCUT2D eigenvalue weighted by atomic mass is 32.2. The highest BCUT2D eigenvalue weighted by molar-refractivity contribution is 8.01. The molecule has 0 aliphatic rings. The first-order chi connectivity index (χ1) is 8.38. The maximum Gasteiger partial charge on any atom is 0.309 e. The van der Waals surface area contributed by atoms with Crippen molar-refractivity contribution < 1.29 is 9.90 Å². The molecule has 96 valence electrons. The lowest BCUT2D eigenvalue weighted by molar-refractivity contribution is -0.145. The van der Waals surface area contributed by atoms with Gasteiger partial charge in [0.25, 0.3) is 0 Å². The van der Waals surface area contributed by atoms with Crippen LogP contribution in [-0.2, 0) is 4.79 Å². The van der Waals surface area contributed by atoms with Crippen LogP contribution >= 0.6 is 23.1 Å². The minimum absolute atomic E-state index is 0.498. The van der Waals surface area contributed by atoms with Gasteiger partial charge in [-0.3, -0.25) is 4.79 Å². The smallest absolute Gasteiger partial charge is 0.309 e. The molecule has 0 aliphatic heterocycles. The van der Waals surface area contributed by atoms with Gasteiger partial charge in [0, 0.05) is 11.4 Å². The van der Waals surface area contributed by atoms with Gasteiger partial charge in [-0.25, -0.2) is 4.98 Å². The van der Waals surface area contributed by atoms with Crippen LogP contribution in [0.3, 0.4) is 0 Å². The van der Waals surface area contributed by atoms with E-state index in [9.17, 15) is 4.79 Å². The van der Waals surface area contributed by atoms with E-state index in [0.717, 1.165) is 14.6 Å². The zero-order chi connectivity index (χ0) is 13.3. The molecule has 0 spiro atoms. The Labute approximate surface area is 113 Å². The van der Waals surface area contributed by atoms with Crippen molar-refractivity contribution in [2.75, 3.05) is 11.5 Å². The van der Waals surface area contributed by atoms with Crippen molar-refractivity contribution in [1.82, 2.24) is 4.98 Å². The number of aromatic nitrogens is 1. The average molecular weight is 282 g/mol. The van der Waals surface area contributed by atoms with Crippen LogP contribution in [0.2, 0.25) is 0 Å². The first-order valence-corrected chi connectivity index (χ1v) is 7.21. The number of carbonyl (C=O) groups is 1. The Kier molecular flexibility index (Phi) is 3.49. The number of anilines is 1. The van der Waals surface area contributed by atoms with Crippen LogP contribution in [-0.4, -0.2) is 21.8 Å². The third-order valence-corrected chi connectivity index (χ3v) is 5.15. The van der Waals surface area contributed by atoms with E-state index in [1.165, 1.54) is 11.8 Å². The van der Waals surface area contributed by atoms with Crippen LogP contribution in [0.4, 0.5) is 5.69 Å². The SMILES string of the molecule is CC(C)(CSc1nc2ccc(N)cc2s1)C(=O)O. The van der Waals surface area contributed by atoms with E-state index in [-0.39, 0.29) is 0 Å². The molecular formula is C12H14N2O2S2. The lowest BCUT2D eigenvalue weighted by Crippen LogP contribution is -2.26. The van der Waals surface area contributed by atoms with E-state index >= 15 is 0 Å². The standard InChI is InChI=1S/C12H14N2O2S2/c1-12(2,10(15)16)6-17-11-14-8-4-3-7(13)5-9(8)18-11/h3-5H,6,13H2,1-2H3,(H,15,16). The largest absolute Gasteiger partial charge is 0.481 e. The first-order valence-electron chi connectivity index (χ1n) is 5.41. The second-order valence-corrected chi connectivity index (χ2v) is 6.94. The number of hydrogen-bond donors (Lipinski definition) is 2. The molecular weight excluding hydrogens is 268 g/mol. The van der Waals surface area contributed by atoms with Crippen LogP contribution in [0.5, 0.6) is 0 Å². The molecule has 0 unspecified atom stereocenters. The molecule has 1 aromatic heterocycles. The molecule has 4 nitrogen and oxygen atoms in total. The molecule has 0 saturated heterocycles. The Morgan fingerprint density at radius 1 is 1.56 bits per heavy atom. The molecule has 0 amide bonds. The van der Waals surface area contributed by atoms with Gasteiger partial charge in [-0.1, -0.05) is 11.8 Å². The number of rotatable bonds is 4. The molecule has 2 aromatic rings. The molecule has 0 saturated carbocycles. The number of benzene rings is 1. The number of nitrogens with two attached hydrogens (primary N) is 1. The van der Waals surface area contributed by atoms with Crippen molar-refractivity contribution in [3.63, 3.8) is 0 Å². The molecule has 2 rings (SSSR count). The third kappa shape index (κ3) is 2.76. The number of carboxylic acid groups (broad SMARTS) is 1. The number of nitrogens with zero attached hydrogens (tertiary/aromatic N) is 1. The Morgan fingerprint density at radius 2 is 2.28 bits per heavy atom. The number of thioether (sulfide) groups is 1. The maximum atomic E-state index is 11.0. The van der Waals surface area contributed by atoms with Gasteiger partial charge in [0.2, 0.25) is 0 Å². The third-order valence-electron chi connectivity index (χ3n) is 2.53. The predicted molar refractivity (Wildman–Crippen MR) is 76.2 cm³/mol. The van der Waals surface area contributed by atoms with Crippen molar-refractivity contribution in [3.8, 4) is 0 Å². The Morgan fingerprint density at radius 3 is 2.94 bits per heavy atom. The van der Waals surface area contributed by atoms with Gasteiger partial charge in [0.15, 0.2) is 4.34 Å². The molecule has 1 heterocycles. The predicted octanol–water partition coefficient (Wildman–Crippen LogP) is 3.08.